The zero-order valence-corrected chi connectivity index (χ0v) is 16.3. The first-order valence-electron chi connectivity index (χ1n) is 7.85. The second kappa shape index (κ2) is 8.36. The Morgan fingerprint density at radius 1 is 1.24 bits per heavy atom. The van der Waals surface area contributed by atoms with Crippen molar-refractivity contribution in [1.82, 2.24) is 5.32 Å². The molecular weight excluding hydrogens is 386 g/mol. The predicted molar refractivity (Wildman–Crippen MR) is 101 cm³/mol. The molecule has 0 radical (unpaired) electrons. The second-order valence-corrected chi connectivity index (χ2v) is 6.57. The lowest BCUT2D eigenvalue weighted by atomic mass is 9.98. The van der Waals surface area contributed by atoms with E-state index >= 15 is 0 Å². The highest BCUT2D eigenvalue weighted by Crippen LogP contribution is 2.37. The van der Waals surface area contributed by atoms with Crippen molar-refractivity contribution in [3.8, 4) is 22.6 Å². The largest absolute Gasteiger partial charge is 0.496 e. The minimum Gasteiger partial charge on any atom is -0.496 e. The third-order valence-corrected chi connectivity index (χ3v) is 5.00. The fourth-order valence-corrected chi connectivity index (χ4v) is 2.94. The van der Waals surface area contributed by atoms with E-state index in [1.165, 1.54) is 0 Å². The van der Waals surface area contributed by atoms with E-state index < -0.39 is 12.0 Å². The van der Waals surface area contributed by atoms with Gasteiger partial charge in [-0.15, -0.1) is 0 Å². The number of aliphatic carboxylic acids is 1. The van der Waals surface area contributed by atoms with Gasteiger partial charge in [-0.1, -0.05) is 28.1 Å². The number of hydrogen-bond acceptors (Lipinski definition) is 4. The number of methoxy groups -OCH3 is 2. The molecule has 0 saturated heterocycles. The smallest absolute Gasteiger partial charge is 0.320 e. The number of ether oxygens (including phenoxy) is 2. The van der Waals surface area contributed by atoms with E-state index in [0.717, 1.165) is 26.7 Å². The van der Waals surface area contributed by atoms with Gasteiger partial charge in [0.1, 0.15) is 17.5 Å². The maximum absolute atomic E-state index is 11.0. The summed E-state index contributed by atoms with van der Waals surface area (Å²) >= 11 is 3.56. The van der Waals surface area contributed by atoms with Crippen LogP contribution in [-0.4, -0.2) is 31.3 Å². The minimum absolute atomic E-state index is 0.331. The number of halogens is 1. The molecule has 2 aromatic carbocycles. The first-order chi connectivity index (χ1) is 11.9. The van der Waals surface area contributed by atoms with Crippen molar-refractivity contribution < 1.29 is 19.4 Å². The molecule has 0 bridgehead atoms. The highest BCUT2D eigenvalue weighted by molar-refractivity contribution is 9.10. The van der Waals surface area contributed by atoms with Crippen LogP contribution < -0.4 is 14.8 Å². The van der Waals surface area contributed by atoms with Gasteiger partial charge in [0.25, 0.3) is 0 Å². The first kappa shape index (κ1) is 19.3. The normalized spacial score (nSPS) is 11.9. The van der Waals surface area contributed by atoms with Crippen LogP contribution in [0.5, 0.6) is 11.5 Å². The summed E-state index contributed by atoms with van der Waals surface area (Å²) in [5, 5.41) is 12.0. The van der Waals surface area contributed by atoms with Crippen molar-refractivity contribution >= 4 is 21.9 Å². The molecule has 134 valence electrons. The SMILES string of the molecule is COc1cc(-c2cccc(Br)c2C)cc(OC)c1CN[C@@H](C)C(=O)O. The number of nitrogens with one attached hydrogen (secondary N) is 1. The lowest BCUT2D eigenvalue weighted by molar-refractivity contribution is -0.139. The molecule has 0 spiro atoms. The van der Waals surface area contributed by atoms with Gasteiger partial charge in [-0.2, -0.15) is 0 Å². The van der Waals surface area contributed by atoms with Crippen LogP contribution in [0.2, 0.25) is 0 Å². The number of benzene rings is 2. The van der Waals surface area contributed by atoms with Gasteiger partial charge in [-0.05, 0) is 48.7 Å². The van der Waals surface area contributed by atoms with Crippen LogP contribution in [0.1, 0.15) is 18.1 Å². The molecule has 0 aliphatic carbocycles. The van der Waals surface area contributed by atoms with Crippen LogP contribution >= 0.6 is 15.9 Å². The molecule has 0 aromatic heterocycles. The molecule has 2 N–H and O–H groups in total. The van der Waals surface area contributed by atoms with E-state index in [-0.39, 0.29) is 0 Å². The average Bonchev–Trinajstić information content (AvgIpc) is 2.61. The molecule has 5 nitrogen and oxygen atoms in total. The Labute approximate surface area is 156 Å². The van der Waals surface area contributed by atoms with Crippen molar-refractivity contribution in [1.29, 1.82) is 0 Å². The van der Waals surface area contributed by atoms with E-state index in [4.69, 9.17) is 14.6 Å². The first-order valence-corrected chi connectivity index (χ1v) is 8.64. The van der Waals surface area contributed by atoms with Crippen molar-refractivity contribution in [3.63, 3.8) is 0 Å². The molecular formula is C19H22BrNO4. The second-order valence-electron chi connectivity index (χ2n) is 5.71. The lowest BCUT2D eigenvalue weighted by Crippen LogP contribution is -2.33. The van der Waals surface area contributed by atoms with Crippen LogP contribution in [0, 0.1) is 6.92 Å². The van der Waals surface area contributed by atoms with Crippen LogP contribution in [0.3, 0.4) is 0 Å². The summed E-state index contributed by atoms with van der Waals surface area (Å²) in [5.41, 5.74) is 3.96. The van der Waals surface area contributed by atoms with Gasteiger partial charge in [0.15, 0.2) is 0 Å². The van der Waals surface area contributed by atoms with E-state index in [2.05, 4.69) is 21.2 Å². The minimum atomic E-state index is -0.903. The number of carboxylic acid groups (broad SMARTS) is 1. The Bertz CT molecular complexity index is 751. The van der Waals surface area contributed by atoms with Crippen LogP contribution in [0.15, 0.2) is 34.8 Å². The highest BCUT2D eigenvalue weighted by atomic mass is 79.9. The van der Waals surface area contributed by atoms with E-state index in [1.807, 2.05) is 37.3 Å². The monoisotopic (exact) mass is 407 g/mol. The van der Waals surface area contributed by atoms with E-state index in [0.29, 0.717) is 18.0 Å². The fourth-order valence-electron chi connectivity index (χ4n) is 2.58. The summed E-state index contributed by atoms with van der Waals surface area (Å²) in [4.78, 5) is 11.0. The van der Waals surface area contributed by atoms with Crippen LogP contribution in [0.4, 0.5) is 0 Å². The molecule has 0 saturated carbocycles. The van der Waals surface area contributed by atoms with E-state index in [1.54, 1.807) is 21.1 Å². The van der Waals surface area contributed by atoms with E-state index in [9.17, 15) is 4.79 Å². The van der Waals surface area contributed by atoms with Gasteiger partial charge in [0, 0.05) is 16.6 Å². The molecule has 25 heavy (non-hydrogen) atoms. The van der Waals surface area contributed by atoms with Crippen LogP contribution in [0.25, 0.3) is 11.1 Å². The van der Waals surface area contributed by atoms with Gasteiger partial charge in [0.2, 0.25) is 0 Å². The summed E-state index contributed by atoms with van der Waals surface area (Å²) in [5.74, 6) is 0.400. The van der Waals surface area contributed by atoms with Gasteiger partial charge >= 0.3 is 5.97 Å². The zero-order chi connectivity index (χ0) is 18.6. The summed E-state index contributed by atoms with van der Waals surface area (Å²) in [6.07, 6.45) is 0. The van der Waals surface area contributed by atoms with Gasteiger partial charge in [-0.3, -0.25) is 4.79 Å². The van der Waals surface area contributed by atoms with Crippen LogP contribution in [-0.2, 0) is 11.3 Å². The molecule has 2 rings (SSSR count). The highest BCUT2D eigenvalue weighted by Gasteiger charge is 2.17. The molecule has 6 heteroatoms. The third-order valence-electron chi connectivity index (χ3n) is 4.14. The van der Waals surface area contributed by atoms with Gasteiger partial charge in [0.05, 0.1) is 14.2 Å². The van der Waals surface area contributed by atoms with Gasteiger partial charge in [-0.25, -0.2) is 0 Å². The maximum atomic E-state index is 11.0. The Balaban J connectivity index is 2.46. The number of rotatable bonds is 7. The number of hydrogen-bond donors (Lipinski definition) is 2. The van der Waals surface area contributed by atoms with Crippen molar-refractivity contribution in [3.05, 3.63) is 45.9 Å². The number of carbonyl (C=O) groups is 1. The summed E-state index contributed by atoms with van der Waals surface area (Å²) < 4.78 is 12.1. The lowest BCUT2D eigenvalue weighted by Gasteiger charge is -2.18. The summed E-state index contributed by atoms with van der Waals surface area (Å²) in [6.45, 7) is 3.97. The Morgan fingerprint density at radius 3 is 2.36 bits per heavy atom. The molecule has 1 atom stereocenters. The maximum Gasteiger partial charge on any atom is 0.320 e. The van der Waals surface area contributed by atoms with Crippen molar-refractivity contribution in [2.45, 2.75) is 26.4 Å². The molecule has 0 heterocycles. The predicted octanol–water partition coefficient (Wildman–Crippen LogP) is 4.00. The van der Waals surface area contributed by atoms with Gasteiger partial charge < -0.3 is 19.9 Å². The third kappa shape index (κ3) is 4.32. The number of carboxylic acids is 1. The Hall–Kier alpha value is -2.05. The standard InChI is InChI=1S/C19H22BrNO4/c1-11-14(6-5-7-16(11)20)13-8-17(24-3)15(18(9-13)25-4)10-21-12(2)19(22)23/h5-9,12,21H,10H2,1-4H3,(H,22,23)/t12-/m0/s1. The Kier molecular flexibility index (Phi) is 6.45. The fraction of sp³-hybridized carbons (Fsp3) is 0.316. The molecule has 0 aliphatic rings. The van der Waals surface area contributed by atoms with Crippen molar-refractivity contribution in [2.75, 3.05) is 14.2 Å². The molecule has 0 amide bonds. The summed E-state index contributed by atoms with van der Waals surface area (Å²) in [7, 11) is 3.19. The Morgan fingerprint density at radius 2 is 1.84 bits per heavy atom. The molecule has 0 aliphatic heterocycles. The zero-order valence-electron chi connectivity index (χ0n) is 14.7. The average molecular weight is 408 g/mol. The topological polar surface area (TPSA) is 67.8 Å². The molecule has 0 unspecified atom stereocenters. The molecule has 0 fully saturated rings. The summed E-state index contributed by atoms with van der Waals surface area (Å²) in [6, 6.07) is 9.24. The quantitative estimate of drug-likeness (QED) is 0.725. The van der Waals surface area contributed by atoms with Crippen molar-refractivity contribution in [2.24, 2.45) is 0 Å². The molecule has 2 aromatic rings.